The molecule has 11 heteroatoms. The van der Waals surface area contributed by atoms with Crippen LogP contribution in [0.4, 0.5) is 0 Å². The zero-order valence-electron chi connectivity index (χ0n) is 18.4. The molecule has 0 unspecified atom stereocenters. The minimum Gasteiger partial charge on any atom is -0.379 e. The first-order valence-electron chi connectivity index (χ1n) is 11.1. The van der Waals surface area contributed by atoms with E-state index < -0.39 is 20.0 Å². The highest BCUT2D eigenvalue weighted by molar-refractivity contribution is 7.91. The number of nitrogens with zero attached hydrogens (tertiary/aromatic N) is 3. The van der Waals surface area contributed by atoms with E-state index in [2.05, 4.69) is 4.98 Å². The lowest BCUT2D eigenvalue weighted by Crippen LogP contribution is -2.53. The summed E-state index contributed by atoms with van der Waals surface area (Å²) in [5.74, 6) is -0.639. The lowest BCUT2D eigenvalue weighted by molar-refractivity contribution is 0.0689. The number of rotatable bonds is 7. The topological polar surface area (TPSA) is 123 Å². The van der Waals surface area contributed by atoms with Crippen LogP contribution in [0.5, 0.6) is 0 Å². The van der Waals surface area contributed by atoms with Gasteiger partial charge in [-0.2, -0.15) is 17.0 Å². The predicted molar refractivity (Wildman–Crippen MR) is 124 cm³/mol. The quantitative estimate of drug-likeness (QED) is 0.609. The van der Waals surface area contributed by atoms with E-state index in [-0.39, 0.29) is 35.7 Å². The Hall–Kier alpha value is -1.89. The lowest BCUT2D eigenvalue weighted by atomic mass is 9.86. The van der Waals surface area contributed by atoms with Gasteiger partial charge in [0, 0.05) is 38.9 Å². The van der Waals surface area contributed by atoms with Crippen LogP contribution in [0.25, 0.3) is 0 Å². The summed E-state index contributed by atoms with van der Waals surface area (Å²) in [6.45, 7) is 2.00. The van der Waals surface area contributed by atoms with Gasteiger partial charge in [-0.15, -0.1) is 0 Å². The van der Waals surface area contributed by atoms with Crippen molar-refractivity contribution >= 4 is 20.0 Å². The average molecular weight is 495 g/mol. The number of morpholine rings is 1. The van der Waals surface area contributed by atoms with E-state index in [0.717, 1.165) is 5.56 Å². The monoisotopic (exact) mass is 494 g/mol. The Kier molecular flexibility index (Phi) is 7.46. The van der Waals surface area contributed by atoms with Crippen LogP contribution in [-0.2, 0) is 31.3 Å². The Bertz CT molecular complexity index is 1150. The molecule has 2 saturated heterocycles. The standard InChI is InChI=1S/C22H30N4O5S2/c23-14-18-6-7-24-22(13-18)32(27,28)17-19-12-21(20-4-2-1-3-5-20)16-26(15-19)33(29,30)25-8-10-31-11-9-25/h1-7,13,19,21H,8-12,14-17,23H2/t19-,21+/m0/s1. The van der Waals surface area contributed by atoms with Crippen LogP contribution in [-0.4, -0.2) is 75.6 Å². The summed E-state index contributed by atoms with van der Waals surface area (Å²) in [5, 5.41) is -0.0186. The molecule has 2 aliphatic heterocycles. The molecule has 4 rings (SSSR count). The average Bonchev–Trinajstić information content (AvgIpc) is 2.84. The summed E-state index contributed by atoms with van der Waals surface area (Å²) in [6, 6.07) is 12.8. The summed E-state index contributed by atoms with van der Waals surface area (Å²) < 4.78 is 61.3. The van der Waals surface area contributed by atoms with Crippen LogP contribution in [0.15, 0.2) is 53.7 Å². The number of pyridine rings is 1. The molecule has 0 bridgehead atoms. The van der Waals surface area contributed by atoms with Gasteiger partial charge >= 0.3 is 0 Å². The third-order valence-corrected chi connectivity index (χ3v) is 9.95. The van der Waals surface area contributed by atoms with Gasteiger partial charge in [0.2, 0.25) is 0 Å². The van der Waals surface area contributed by atoms with E-state index >= 15 is 0 Å². The molecule has 1 aromatic heterocycles. The maximum absolute atomic E-state index is 13.4. The summed E-state index contributed by atoms with van der Waals surface area (Å²) >= 11 is 0. The van der Waals surface area contributed by atoms with Crippen molar-refractivity contribution in [2.75, 3.05) is 45.1 Å². The summed E-state index contributed by atoms with van der Waals surface area (Å²) in [5.41, 5.74) is 7.35. The third-order valence-electron chi connectivity index (χ3n) is 6.21. The van der Waals surface area contributed by atoms with Crippen molar-refractivity contribution < 1.29 is 21.6 Å². The van der Waals surface area contributed by atoms with E-state index in [1.165, 1.54) is 20.9 Å². The van der Waals surface area contributed by atoms with Gasteiger partial charge in [0.1, 0.15) is 0 Å². The van der Waals surface area contributed by atoms with Crippen molar-refractivity contribution in [3.05, 3.63) is 59.8 Å². The Labute approximate surface area is 195 Å². The van der Waals surface area contributed by atoms with Crippen molar-refractivity contribution in [2.24, 2.45) is 11.7 Å². The van der Waals surface area contributed by atoms with Crippen LogP contribution in [0.1, 0.15) is 23.5 Å². The first-order chi connectivity index (χ1) is 15.8. The number of hydrogen-bond donors (Lipinski definition) is 1. The van der Waals surface area contributed by atoms with Crippen molar-refractivity contribution in [1.29, 1.82) is 0 Å². The van der Waals surface area contributed by atoms with Crippen molar-refractivity contribution in [3.8, 4) is 0 Å². The molecule has 1 aromatic carbocycles. The number of sulfone groups is 1. The fourth-order valence-corrected chi connectivity index (χ4v) is 7.81. The van der Waals surface area contributed by atoms with E-state index in [1.807, 2.05) is 30.3 Å². The van der Waals surface area contributed by atoms with E-state index in [0.29, 0.717) is 44.8 Å². The Morgan fingerprint density at radius 1 is 1.00 bits per heavy atom. The van der Waals surface area contributed by atoms with Crippen molar-refractivity contribution in [3.63, 3.8) is 0 Å². The van der Waals surface area contributed by atoms with Crippen molar-refractivity contribution in [1.82, 2.24) is 13.6 Å². The van der Waals surface area contributed by atoms with E-state index in [4.69, 9.17) is 10.5 Å². The van der Waals surface area contributed by atoms with Crippen LogP contribution in [0, 0.1) is 5.92 Å². The lowest BCUT2D eigenvalue weighted by Gasteiger charge is -2.40. The summed E-state index contributed by atoms with van der Waals surface area (Å²) in [7, 11) is -7.44. The first-order valence-corrected chi connectivity index (χ1v) is 14.1. The van der Waals surface area contributed by atoms with Gasteiger partial charge in [0.25, 0.3) is 10.2 Å². The fourth-order valence-electron chi connectivity index (χ4n) is 4.52. The molecule has 0 aliphatic carbocycles. The zero-order valence-corrected chi connectivity index (χ0v) is 20.0. The van der Waals surface area contributed by atoms with E-state index in [1.54, 1.807) is 6.07 Å². The molecule has 0 amide bonds. The van der Waals surface area contributed by atoms with Gasteiger partial charge in [-0.3, -0.25) is 0 Å². The summed E-state index contributed by atoms with van der Waals surface area (Å²) in [4.78, 5) is 4.05. The molecule has 2 atom stereocenters. The molecular weight excluding hydrogens is 464 g/mol. The minimum atomic E-state index is -3.73. The molecule has 0 saturated carbocycles. The molecule has 2 aromatic rings. The first kappa shape index (κ1) is 24.2. The molecular formula is C22H30N4O5S2. The highest BCUT2D eigenvalue weighted by Gasteiger charge is 2.39. The third kappa shape index (κ3) is 5.61. The zero-order chi connectivity index (χ0) is 23.5. The Morgan fingerprint density at radius 3 is 2.42 bits per heavy atom. The normalized spacial score (nSPS) is 23.4. The van der Waals surface area contributed by atoms with Crippen LogP contribution >= 0.6 is 0 Å². The molecule has 2 N–H and O–H groups in total. The number of hydrogen-bond acceptors (Lipinski definition) is 7. The second-order valence-corrected chi connectivity index (χ2v) is 12.4. The molecule has 180 valence electrons. The molecule has 0 radical (unpaired) electrons. The molecule has 0 spiro atoms. The molecule has 2 aliphatic rings. The molecule has 33 heavy (non-hydrogen) atoms. The summed E-state index contributed by atoms with van der Waals surface area (Å²) in [6.07, 6.45) is 2.02. The molecule has 9 nitrogen and oxygen atoms in total. The van der Waals surface area contributed by atoms with Gasteiger partial charge in [0.15, 0.2) is 14.9 Å². The van der Waals surface area contributed by atoms with Gasteiger partial charge in [-0.25, -0.2) is 13.4 Å². The largest absolute Gasteiger partial charge is 0.379 e. The number of piperidine rings is 1. The Balaban J connectivity index is 1.61. The SMILES string of the molecule is NCc1ccnc(S(=O)(=O)C[C@H]2C[C@@H](c3ccccc3)CN(S(=O)(=O)N3CCOCC3)C2)c1. The highest BCUT2D eigenvalue weighted by atomic mass is 32.2. The highest BCUT2D eigenvalue weighted by Crippen LogP contribution is 2.34. The van der Waals surface area contributed by atoms with Gasteiger partial charge in [-0.05, 0) is 41.5 Å². The number of aromatic nitrogens is 1. The van der Waals surface area contributed by atoms with Crippen LogP contribution < -0.4 is 5.73 Å². The second kappa shape index (κ2) is 10.2. The maximum Gasteiger partial charge on any atom is 0.282 e. The van der Waals surface area contributed by atoms with Crippen LogP contribution in [0.3, 0.4) is 0 Å². The minimum absolute atomic E-state index is 0.0186. The predicted octanol–water partition coefficient (Wildman–Crippen LogP) is 0.997. The van der Waals surface area contributed by atoms with Gasteiger partial charge in [-0.1, -0.05) is 30.3 Å². The van der Waals surface area contributed by atoms with Gasteiger partial charge in [0.05, 0.1) is 19.0 Å². The smallest absolute Gasteiger partial charge is 0.282 e. The maximum atomic E-state index is 13.4. The van der Waals surface area contributed by atoms with E-state index in [9.17, 15) is 16.8 Å². The molecule has 2 fully saturated rings. The number of nitrogens with two attached hydrogens (primary N) is 1. The van der Waals surface area contributed by atoms with Crippen LogP contribution in [0.2, 0.25) is 0 Å². The molecule has 3 heterocycles. The second-order valence-electron chi connectivity index (χ2n) is 8.53. The Morgan fingerprint density at radius 2 is 1.73 bits per heavy atom. The van der Waals surface area contributed by atoms with Gasteiger partial charge < -0.3 is 10.5 Å². The number of benzene rings is 1. The van der Waals surface area contributed by atoms with Crippen molar-refractivity contribution in [2.45, 2.75) is 23.9 Å². The number of ether oxygens (including phenoxy) is 1. The fraction of sp³-hybridized carbons (Fsp3) is 0.500.